The van der Waals surface area contributed by atoms with Gasteiger partial charge in [0, 0.05) is 30.0 Å². The highest BCUT2D eigenvalue weighted by atomic mass is 19.4. The van der Waals surface area contributed by atoms with Crippen LogP contribution in [0.25, 0.3) is 11.3 Å². The van der Waals surface area contributed by atoms with Gasteiger partial charge in [-0.15, -0.1) is 0 Å². The van der Waals surface area contributed by atoms with E-state index in [-0.39, 0.29) is 23.9 Å². The number of rotatable bonds is 5. The van der Waals surface area contributed by atoms with Gasteiger partial charge in [0.15, 0.2) is 5.82 Å². The Morgan fingerprint density at radius 2 is 1.80 bits per heavy atom. The third-order valence-electron chi connectivity index (χ3n) is 4.76. The first-order chi connectivity index (χ1) is 14.3. The molecule has 2 amide bonds. The molecule has 162 valence electrons. The zero-order chi connectivity index (χ0) is 21.7. The number of aromatic nitrogens is 4. The number of halogens is 3. The van der Waals surface area contributed by atoms with E-state index in [4.69, 9.17) is 10.5 Å². The number of nitrogens with two attached hydrogens (primary N) is 1. The first-order valence-electron chi connectivity index (χ1n) is 9.34. The van der Waals surface area contributed by atoms with E-state index < -0.39 is 18.8 Å². The summed E-state index contributed by atoms with van der Waals surface area (Å²) in [7, 11) is 1.44. The summed E-state index contributed by atoms with van der Waals surface area (Å²) < 4.78 is 42.6. The SMILES string of the molecule is COc1ncc(-c2cnc(N(C(=O)NCC(F)(F)F)[C@H]3CC[C@H](N)CC3)cn2)cn1. The van der Waals surface area contributed by atoms with E-state index in [0.29, 0.717) is 36.9 Å². The maximum absolute atomic E-state index is 12.6. The van der Waals surface area contributed by atoms with Crippen LogP contribution in [0, 0.1) is 0 Å². The lowest BCUT2D eigenvalue weighted by atomic mass is 9.91. The molecule has 1 aliphatic carbocycles. The molecule has 0 bridgehead atoms. The van der Waals surface area contributed by atoms with Crippen LogP contribution in [0.3, 0.4) is 0 Å². The lowest BCUT2D eigenvalue weighted by Gasteiger charge is -2.35. The van der Waals surface area contributed by atoms with Crippen LogP contribution < -0.4 is 20.7 Å². The van der Waals surface area contributed by atoms with Crippen molar-refractivity contribution in [1.29, 1.82) is 0 Å². The van der Waals surface area contributed by atoms with E-state index in [1.54, 1.807) is 0 Å². The van der Waals surface area contributed by atoms with Gasteiger partial charge in [-0.25, -0.2) is 19.7 Å². The summed E-state index contributed by atoms with van der Waals surface area (Å²) in [5.74, 6) is 0.160. The smallest absolute Gasteiger partial charge is 0.405 e. The fraction of sp³-hybridized carbons (Fsp3) is 0.500. The Balaban J connectivity index is 1.81. The summed E-state index contributed by atoms with van der Waals surface area (Å²) in [4.78, 5) is 30.3. The van der Waals surface area contributed by atoms with Crippen molar-refractivity contribution in [1.82, 2.24) is 25.3 Å². The van der Waals surface area contributed by atoms with Gasteiger partial charge in [0.25, 0.3) is 0 Å². The van der Waals surface area contributed by atoms with Crippen molar-refractivity contribution in [2.75, 3.05) is 18.6 Å². The molecule has 2 aromatic rings. The quantitative estimate of drug-likeness (QED) is 0.754. The summed E-state index contributed by atoms with van der Waals surface area (Å²) in [5.41, 5.74) is 6.94. The van der Waals surface area contributed by atoms with Crippen LogP contribution in [0.2, 0.25) is 0 Å². The number of carbonyl (C=O) groups excluding carboxylic acids is 1. The van der Waals surface area contributed by atoms with Crippen LogP contribution in [0.1, 0.15) is 25.7 Å². The maximum Gasteiger partial charge on any atom is 0.405 e. The average Bonchev–Trinajstić information content (AvgIpc) is 2.74. The van der Waals surface area contributed by atoms with Gasteiger partial charge in [0.05, 0.1) is 25.2 Å². The summed E-state index contributed by atoms with van der Waals surface area (Å²) >= 11 is 0. The van der Waals surface area contributed by atoms with E-state index in [1.807, 2.05) is 5.32 Å². The average molecular weight is 425 g/mol. The number of ether oxygens (including phenoxy) is 1. The second-order valence-electron chi connectivity index (χ2n) is 6.93. The van der Waals surface area contributed by atoms with Crippen molar-refractivity contribution >= 4 is 11.8 Å². The standard InChI is InChI=1S/C18H22F3N7O2/c1-30-16-25-6-11(7-26-16)14-8-24-15(9-23-14)28(13-4-2-12(22)3-5-13)17(29)27-10-18(19,20)21/h6-9,12-13H,2-5,10,22H2,1H3,(H,27,29)/t12-,13-. The van der Waals surface area contributed by atoms with E-state index in [9.17, 15) is 18.0 Å². The molecule has 2 aromatic heterocycles. The lowest BCUT2D eigenvalue weighted by molar-refractivity contribution is -0.122. The molecule has 1 saturated carbocycles. The first kappa shape index (κ1) is 21.7. The van der Waals surface area contributed by atoms with Crippen molar-refractivity contribution in [3.05, 3.63) is 24.8 Å². The van der Waals surface area contributed by atoms with Crippen molar-refractivity contribution in [3.8, 4) is 17.3 Å². The zero-order valence-corrected chi connectivity index (χ0v) is 16.3. The first-order valence-corrected chi connectivity index (χ1v) is 9.34. The van der Waals surface area contributed by atoms with Gasteiger partial charge in [-0.05, 0) is 25.7 Å². The summed E-state index contributed by atoms with van der Waals surface area (Å²) in [6.07, 6.45) is 3.73. The molecular formula is C18H22F3N7O2. The van der Waals surface area contributed by atoms with Crippen LogP contribution in [0.4, 0.5) is 23.8 Å². The molecule has 9 nitrogen and oxygen atoms in total. The maximum atomic E-state index is 12.6. The summed E-state index contributed by atoms with van der Waals surface area (Å²) in [6, 6.07) is -0.971. The molecule has 12 heteroatoms. The summed E-state index contributed by atoms with van der Waals surface area (Å²) in [5, 5.41) is 1.92. The predicted octanol–water partition coefficient (Wildman–Crippen LogP) is 2.29. The fourth-order valence-electron chi connectivity index (χ4n) is 3.23. The number of methoxy groups -OCH3 is 1. The normalized spacial score (nSPS) is 19.2. The third-order valence-corrected chi connectivity index (χ3v) is 4.76. The molecule has 0 spiro atoms. The molecule has 1 fully saturated rings. The zero-order valence-electron chi connectivity index (χ0n) is 16.3. The lowest BCUT2D eigenvalue weighted by Crippen LogP contribution is -2.51. The number of anilines is 1. The second kappa shape index (κ2) is 9.20. The van der Waals surface area contributed by atoms with Gasteiger partial charge in [-0.2, -0.15) is 13.2 Å². The molecule has 0 aromatic carbocycles. The predicted molar refractivity (Wildman–Crippen MR) is 102 cm³/mol. The number of alkyl halides is 3. The van der Waals surface area contributed by atoms with Gasteiger partial charge in [0.2, 0.25) is 0 Å². The van der Waals surface area contributed by atoms with Crippen molar-refractivity contribution in [2.24, 2.45) is 5.73 Å². The molecule has 3 rings (SSSR count). The van der Waals surface area contributed by atoms with Gasteiger partial charge < -0.3 is 15.8 Å². The highest BCUT2D eigenvalue weighted by molar-refractivity contribution is 5.91. The second-order valence-corrected chi connectivity index (χ2v) is 6.93. The Labute approximate surface area is 170 Å². The Kier molecular flexibility index (Phi) is 6.65. The third kappa shape index (κ3) is 5.53. The van der Waals surface area contributed by atoms with E-state index >= 15 is 0 Å². The van der Waals surface area contributed by atoms with Crippen LogP contribution in [-0.2, 0) is 0 Å². The number of hydrogen-bond donors (Lipinski definition) is 2. The minimum absolute atomic E-state index is 0.0184. The number of nitrogens with one attached hydrogen (secondary N) is 1. The van der Waals surface area contributed by atoms with Crippen LogP contribution >= 0.6 is 0 Å². The van der Waals surface area contributed by atoms with Gasteiger partial charge in [-0.1, -0.05) is 0 Å². The number of nitrogens with zero attached hydrogens (tertiary/aromatic N) is 5. The largest absolute Gasteiger partial charge is 0.467 e. The molecule has 0 unspecified atom stereocenters. The molecular weight excluding hydrogens is 403 g/mol. The highest BCUT2D eigenvalue weighted by Crippen LogP contribution is 2.27. The molecule has 0 atom stereocenters. The van der Waals surface area contributed by atoms with Crippen molar-refractivity contribution in [2.45, 2.75) is 43.9 Å². The summed E-state index contributed by atoms with van der Waals surface area (Å²) in [6.45, 7) is -1.43. The van der Waals surface area contributed by atoms with Crippen molar-refractivity contribution < 1.29 is 22.7 Å². The van der Waals surface area contributed by atoms with Gasteiger partial charge in [0.1, 0.15) is 6.54 Å². The molecule has 0 radical (unpaired) electrons. The number of hydrogen-bond acceptors (Lipinski definition) is 7. The van der Waals surface area contributed by atoms with Crippen LogP contribution in [0.15, 0.2) is 24.8 Å². The molecule has 3 N–H and O–H groups in total. The number of amides is 2. The van der Waals surface area contributed by atoms with Crippen LogP contribution in [0.5, 0.6) is 6.01 Å². The fourth-order valence-corrected chi connectivity index (χ4v) is 3.23. The Morgan fingerprint density at radius 3 is 2.33 bits per heavy atom. The Bertz CT molecular complexity index is 838. The highest BCUT2D eigenvalue weighted by Gasteiger charge is 2.33. The van der Waals surface area contributed by atoms with E-state index in [0.717, 1.165) is 0 Å². The minimum atomic E-state index is -4.51. The molecule has 2 heterocycles. The van der Waals surface area contributed by atoms with E-state index in [2.05, 4.69) is 19.9 Å². The minimum Gasteiger partial charge on any atom is -0.467 e. The molecule has 0 saturated heterocycles. The van der Waals surface area contributed by atoms with Gasteiger partial charge >= 0.3 is 18.2 Å². The molecule has 30 heavy (non-hydrogen) atoms. The molecule has 1 aliphatic rings. The Hall–Kier alpha value is -3.02. The topological polar surface area (TPSA) is 119 Å². The molecule has 0 aliphatic heterocycles. The monoisotopic (exact) mass is 425 g/mol. The van der Waals surface area contributed by atoms with Crippen LogP contribution in [-0.4, -0.2) is 57.9 Å². The number of carbonyl (C=O) groups is 1. The number of urea groups is 1. The van der Waals surface area contributed by atoms with Gasteiger partial charge in [-0.3, -0.25) is 9.88 Å². The Morgan fingerprint density at radius 1 is 1.13 bits per heavy atom. The van der Waals surface area contributed by atoms with Crippen molar-refractivity contribution in [3.63, 3.8) is 0 Å². The van der Waals surface area contributed by atoms with E-state index in [1.165, 1.54) is 36.8 Å².